The van der Waals surface area contributed by atoms with Crippen LogP contribution in [-0.2, 0) is 0 Å². The van der Waals surface area contributed by atoms with Gasteiger partial charge in [-0.1, -0.05) is 22.0 Å². The van der Waals surface area contributed by atoms with Gasteiger partial charge in [-0.05, 0) is 42.8 Å². The Morgan fingerprint density at radius 2 is 2.05 bits per heavy atom. The highest BCUT2D eigenvalue weighted by molar-refractivity contribution is 9.10. The Balaban J connectivity index is 2.31. The molecule has 0 saturated carbocycles. The summed E-state index contributed by atoms with van der Waals surface area (Å²) in [5.41, 5.74) is 1.51. The summed E-state index contributed by atoms with van der Waals surface area (Å²) in [6, 6.07) is 9.57. The SMILES string of the molecule is Cc1c(Br)cccc1NC(=O)c1cc(S)ccc1F. The molecule has 0 bridgehead atoms. The predicted molar refractivity (Wildman–Crippen MR) is 80.5 cm³/mol. The van der Waals surface area contributed by atoms with Crippen molar-refractivity contribution in [3.8, 4) is 0 Å². The van der Waals surface area contributed by atoms with Crippen LogP contribution in [0.25, 0.3) is 0 Å². The maximum Gasteiger partial charge on any atom is 0.258 e. The lowest BCUT2D eigenvalue weighted by Crippen LogP contribution is -2.14. The van der Waals surface area contributed by atoms with Crippen LogP contribution in [0, 0.1) is 12.7 Å². The van der Waals surface area contributed by atoms with Crippen molar-refractivity contribution in [3.05, 3.63) is 57.8 Å². The number of benzene rings is 2. The first kappa shape index (κ1) is 14.1. The molecule has 5 heteroatoms. The number of hydrogen-bond donors (Lipinski definition) is 2. The maximum atomic E-state index is 13.6. The van der Waals surface area contributed by atoms with E-state index in [1.54, 1.807) is 12.1 Å². The summed E-state index contributed by atoms with van der Waals surface area (Å²) in [6.07, 6.45) is 0. The molecule has 2 rings (SSSR count). The number of halogens is 2. The molecule has 0 saturated heterocycles. The molecule has 0 heterocycles. The largest absolute Gasteiger partial charge is 0.322 e. The Morgan fingerprint density at radius 1 is 1.32 bits per heavy atom. The van der Waals surface area contributed by atoms with E-state index in [1.165, 1.54) is 18.2 Å². The standard InChI is InChI=1S/C14H11BrFNOS/c1-8-11(15)3-2-4-13(8)17-14(18)10-7-9(19)5-6-12(10)16/h2-7,19H,1H3,(H,17,18). The number of carbonyl (C=O) groups is 1. The second-order valence-corrected chi connectivity index (χ2v) is 5.40. The number of rotatable bonds is 2. The van der Waals surface area contributed by atoms with Gasteiger partial charge in [-0.15, -0.1) is 12.6 Å². The van der Waals surface area contributed by atoms with E-state index in [-0.39, 0.29) is 5.56 Å². The van der Waals surface area contributed by atoms with Crippen LogP contribution in [0.3, 0.4) is 0 Å². The monoisotopic (exact) mass is 339 g/mol. The van der Waals surface area contributed by atoms with Crippen molar-refractivity contribution >= 4 is 40.2 Å². The Morgan fingerprint density at radius 3 is 2.79 bits per heavy atom. The Hall–Kier alpha value is -1.33. The molecular formula is C14H11BrFNOS. The van der Waals surface area contributed by atoms with Crippen LogP contribution in [0.5, 0.6) is 0 Å². The van der Waals surface area contributed by atoms with Gasteiger partial charge in [0.15, 0.2) is 0 Å². The molecule has 0 atom stereocenters. The Bertz CT molecular complexity index is 645. The molecule has 19 heavy (non-hydrogen) atoms. The highest BCUT2D eigenvalue weighted by Crippen LogP contribution is 2.24. The van der Waals surface area contributed by atoms with Crippen molar-refractivity contribution in [2.75, 3.05) is 5.32 Å². The lowest BCUT2D eigenvalue weighted by Gasteiger charge is -2.10. The third-order valence-corrected chi connectivity index (χ3v) is 3.85. The van der Waals surface area contributed by atoms with Gasteiger partial charge in [0.25, 0.3) is 5.91 Å². The zero-order valence-corrected chi connectivity index (χ0v) is 12.6. The van der Waals surface area contributed by atoms with Gasteiger partial charge in [-0.3, -0.25) is 4.79 Å². The third-order valence-electron chi connectivity index (χ3n) is 2.71. The molecular weight excluding hydrogens is 329 g/mol. The molecule has 2 aromatic rings. The minimum Gasteiger partial charge on any atom is -0.322 e. The van der Waals surface area contributed by atoms with E-state index in [2.05, 4.69) is 33.9 Å². The fourth-order valence-electron chi connectivity index (χ4n) is 1.62. The summed E-state index contributed by atoms with van der Waals surface area (Å²) in [7, 11) is 0. The van der Waals surface area contributed by atoms with Gasteiger partial charge < -0.3 is 5.32 Å². The smallest absolute Gasteiger partial charge is 0.258 e. The average Bonchev–Trinajstić information content (AvgIpc) is 2.38. The highest BCUT2D eigenvalue weighted by Gasteiger charge is 2.13. The van der Waals surface area contributed by atoms with Crippen LogP contribution in [0.1, 0.15) is 15.9 Å². The first-order valence-electron chi connectivity index (χ1n) is 5.54. The molecule has 98 valence electrons. The first-order chi connectivity index (χ1) is 8.99. The summed E-state index contributed by atoms with van der Waals surface area (Å²) in [6.45, 7) is 1.87. The molecule has 0 spiro atoms. The van der Waals surface area contributed by atoms with E-state index in [1.807, 2.05) is 13.0 Å². The van der Waals surface area contributed by atoms with Crippen molar-refractivity contribution < 1.29 is 9.18 Å². The number of nitrogens with one attached hydrogen (secondary N) is 1. The minimum atomic E-state index is -0.567. The Labute approximate surface area is 124 Å². The first-order valence-corrected chi connectivity index (χ1v) is 6.78. The molecule has 0 unspecified atom stereocenters. The van der Waals surface area contributed by atoms with Gasteiger partial charge in [-0.25, -0.2) is 4.39 Å². The van der Waals surface area contributed by atoms with Crippen LogP contribution in [0.2, 0.25) is 0 Å². The normalized spacial score (nSPS) is 10.3. The molecule has 0 aliphatic rings. The number of anilines is 1. The summed E-state index contributed by atoms with van der Waals surface area (Å²) in [4.78, 5) is 12.6. The summed E-state index contributed by atoms with van der Waals surface area (Å²) in [5.74, 6) is -1.06. The second-order valence-electron chi connectivity index (χ2n) is 4.03. The summed E-state index contributed by atoms with van der Waals surface area (Å²) < 4.78 is 14.5. The average molecular weight is 340 g/mol. The van der Waals surface area contributed by atoms with Crippen LogP contribution in [0.15, 0.2) is 45.8 Å². The number of carbonyl (C=O) groups excluding carboxylic acids is 1. The lowest BCUT2D eigenvalue weighted by atomic mass is 10.1. The molecule has 0 aromatic heterocycles. The minimum absolute atomic E-state index is 0.0214. The third kappa shape index (κ3) is 3.16. The van der Waals surface area contributed by atoms with Gasteiger partial charge in [-0.2, -0.15) is 0 Å². The number of amides is 1. The van der Waals surface area contributed by atoms with Gasteiger partial charge in [0.2, 0.25) is 0 Å². The predicted octanol–water partition coefficient (Wildman–Crippen LogP) is 4.44. The van der Waals surface area contributed by atoms with Gasteiger partial charge in [0, 0.05) is 15.1 Å². The molecule has 2 aromatic carbocycles. The molecule has 2 nitrogen and oxygen atoms in total. The molecule has 0 aliphatic carbocycles. The quantitative estimate of drug-likeness (QED) is 0.778. The van der Waals surface area contributed by atoms with E-state index >= 15 is 0 Å². The molecule has 0 aliphatic heterocycles. The molecule has 0 fully saturated rings. The van der Waals surface area contributed by atoms with E-state index in [9.17, 15) is 9.18 Å². The van der Waals surface area contributed by atoms with E-state index in [0.29, 0.717) is 10.6 Å². The van der Waals surface area contributed by atoms with Gasteiger partial charge in [0.1, 0.15) is 5.82 Å². The highest BCUT2D eigenvalue weighted by atomic mass is 79.9. The number of thiol groups is 1. The summed E-state index contributed by atoms with van der Waals surface area (Å²) >= 11 is 7.49. The van der Waals surface area contributed by atoms with Crippen LogP contribution in [0.4, 0.5) is 10.1 Å². The molecule has 1 N–H and O–H groups in total. The zero-order chi connectivity index (χ0) is 14.0. The fourth-order valence-corrected chi connectivity index (χ4v) is 2.19. The maximum absolute atomic E-state index is 13.6. The van der Waals surface area contributed by atoms with Crippen molar-refractivity contribution in [2.24, 2.45) is 0 Å². The summed E-state index contributed by atoms with van der Waals surface area (Å²) in [5, 5.41) is 2.69. The van der Waals surface area contributed by atoms with Crippen molar-refractivity contribution in [1.29, 1.82) is 0 Å². The molecule has 0 radical (unpaired) electrons. The van der Waals surface area contributed by atoms with E-state index in [4.69, 9.17) is 0 Å². The Kier molecular flexibility index (Phi) is 4.27. The zero-order valence-electron chi connectivity index (χ0n) is 10.1. The lowest BCUT2D eigenvalue weighted by molar-refractivity contribution is 0.102. The topological polar surface area (TPSA) is 29.1 Å². The van der Waals surface area contributed by atoms with Gasteiger partial charge >= 0.3 is 0 Å². The van der Waals surface area contributed by atoms with Crippen LogP contribution in [-0.4, -0.2) is 5.91 Å². The fraction of sp³-hybridized carbons (Fsp3) is 0.0714. The number of hydrogen-bond acceptors (Lipinski definition) is 2. The van der Waals surface area contributed by atoms with E-state index in [0.717, 1.165) is 10.0 Å². The van der Waals surface area contributed by atoms with Crippen molar-refractivity contribution in [2.45, 2.75) is 11.8 Å². The van der Waals surface area contributed by atoms with Crippen molar-refractivity contribution in [1.82, 2.24) is 0 Å². The molecule has 1 amide bonds. The second kappa shape index (κ2) is 5.75. The van der Waals surface area contributed by atoms with Crippen molar-refractivity contribution in [3.63, 3.8) is 0 Å². The van der Waals surface area contributed by atoms with Crippen LogP contribution < -0.4 is 5.32 Å². The van der Waals surface area contributed by atoms with E-state index < -0.39 is 11.7 Å². The van der Waals surface area contributed by atoms with Gasteiger partial charge in [0.05, 0.1) is 5.56 Å². The van der Waals surface area contributed by atoms with Crippen LogP contribution >= 0.6 is 28.6 Å².